The van der Waals surface area contributed by atoms with Crippen molar-refractivity contribution in [2.45, 2.75) is 26.4 Å². The first-order chi connectivity index (χ1) is 15.5. The Labute approximate surface area is 199 Å². The maximum absolute atomic E-state index is 14.5. The Hall–Kier alpha value is -2.69. The van der Waals surface area contributed by atoms with E-state index in [1.807, 2.05) is 0 Å². The minimum atomic E-state index is -4.22. The third-order valence-corrected chi connectivity index (χ3v) is 6.98. The average Bonchev–Trinajstić information content (AvgIpc) is 2.77. The van der Waals surface area contributed by atoms with Gasteiger partial charge in [0, 0.05) is 32.2 Å². The normalized spacial score (nSPS) is 12.3. The zero-order chi connectivity index (χ0) is 24.8. The van der Waals surface area contributed by atoms with Crippen molar-refractivity contribution in [3.63, 3.8) is 0 Å². The fourth-order valence-electron chi connectivity index (χ4n) is 3.05. The molecule has 33 heavy (non-hydrogen) atoms. The molecule has 0 unspecified atom stereocenters. The average molecular weight is 499 g/mol. The van der Waals surface area contributed by atoms with E-state index in [9.17, 15) is 22.4 Å². The van der Waals surface area contributed by atoms with E-state index in [0.717, 1.165) is 10.4 Å². The Morgan fingerprint density at radius 2 is 1.70 bits per heavy atom. The van der Waals surface area contributed by atoms with Crippen LogP contribution in [0.15, 0.2) is 48.5 Å². The SMILES string of the molecule is CCNC(=O)[C@H](C)N(Cc1ccc(Cl)cc1)C(=O)CN(c1ccccc1F)S(=O)(=O)N(C)C. The maximum atomic E-state index is 14.5. The number of rotatable bonds is 10. The number of hydrogen-bond donors (Lipinski definition) is 1. The van der Waals surface area contributed by atoms with Crippen molar-refractivity contribution < 1.29 is 22.4 Å². The molecule has 0 aromatic heterocycles. The summed E-state index contributed by atoms with van der Waals surface area (Å²) in [5, 5.41) is 3.17. The minimum absolute atomic E-state index is 0.0292. The lowest BCUT2D eigenvalue weighted by atomic mass is 10.1. The number of halogens is 2. The molecule has 1 N–H and O–H groups in total. The molecule has 0 spiro atoms. The highest BCUT2D eigenvalue weighted by Crippen LogP contribution is 2.24. The molecule has 0 saturated carbocycles. The Kier molecular flexibility index (Phi) is 9.21. The topological polar surface area (TPSA) is 90.0 Å². The van der Waals surface area contributed by atoms with Gasteiger partial charge in [0.05, 0.1) is 5.69 Å². The zero-order valence-electron chi connectivity index (χ0n) is 19.0. The van der Waals surface area contributed by atoms with Gasteiger partial charge in [-0.1, -0.05) is 35.9 Å². The summed E-state index contributed by atoms with van der Waals surface area (Å²) in [5.41, 5.74) is 0.425. The Morgan fingerprint density at radius 3 is 2.24 bits per heavy atom. The van der Waals surface area contributed by atoms with Gasteiger partial charge in [-0.15, -0.1) is 0 Å². The van der Waals surface area contributed by atoms with Crippen molar-refractivity contribution in [1.82, 2.24) is 14.5 Å². The van der Waals surface area contributed by atoms with Gasteiger partial charge in [-0.2, -0.15) is 12.7 Å². The van der Waals surface area contributed by atoms with Crippen LogP contribution in [0.3, 0.4) is 0 Å². The summed E-state index contributed by atoms with van der Waals surface area (Å²) >= 11 is 5.94. The van der Waals surface area contributed by atoms with Crippen molar-refractivity contribution in [2.24, 2.45) is 0 Å². The molecule has 180 valence electrons. The van der Waals surface area contributed by atoms with Gasteiger partial charge in [0.15, 0.2) is 0 Å². The quantitative estimate of drug-likeness (QED) is 0.545. The predicted octanol–water partition coefficient (Wildman–Crippen LogP) is 2.65. The summed E-state index contributed by atoms with van der Waals surface area (Å²) in [5.74, 6) is -1.86. The van der Waals surface area contributed by atoms with Crippen molar-refractivity contribution in [1.29, 1.82) is 0 Å². The Bertz CT molecular complexity index is 1080. The van der Waals surface area contributed by atoms with Crippen LogP contribution in [0.25, 0.3) is 0 Å². The van der Waals surface area contributed by atoms with Crippen LogP contribution in [0.4, 0.5) is 10.1 Å². The first-order valence-electron chi connectivity index (χ1n) is 10.2. The van der Waals surface area contributed by atoms with E-state index in [0.29, 0.717) is 21.4 Å². The first-order valence-corrected chi connectivity index (χ1v) is 12.0. The predicted molar refractivity (Wildman–Crippen MR) is 127 cm³/mol. The molecule has 0 aliphatic rings. The van der Waals surface area contributed by atoms with E-state index in [1.165, 1.54) is 37.2 Å². The van der Waals surface area contributed by atoms with Crippen molar-refractivity contribution in [3.8, 4) is 0 Å². The van der Waals surface area contributed by atoms with Gasteiger partial charge in [-0.3, -0.25) is 9.59 Å². The summed E-state index contributed by atoms with van der Waals surface area (Å²) in [6.45, 7) is 3.00. The van der Waals surface area contributed by atoms with Crippen molar-refractivity contribution in [2.75, 3.05) is 31.5 Å². The summed E-state index contributed by atoms with van der Waals surface area (Å²) in [6.07, 6.45) is 0. The van der Waals surface area contributed by atoms with Crippen LogP contribution in [0, 0.1) is 5.82 Å². The molecule has 8 nitrogen and oxygen atoms in total. The standard InChI is InChI=1S/C22H28ClFN4O4S/c1-5-25-22(30)16(2)27(14-17-10-12-18(23)13-11-17)21(29)15-28(33(31,32)26(3)4)20-9-7-6-8-19(20)24/h6-13,16H,5,14-15H2,1-4H3,(H,25,30)/t16-/m0/s1. The second kappa shape index (κ2) is 11.4. The molecular weight excluding hydrogens is 471 g/mol. The molecule has 0 heterocycles. The number of carbonyl (C=O) groups excluding carboxylic acids is 2. The highest BCUT2D eigenvalue weighted by Gasteiger charge is 2.33. The van der Waals surface area contributed by atoms with Crippen LogP contribution in [0.5, 0.6) is 0 Å². The molecule has 0 aliphatic heterocycles. The second-order valence-corrected chi connectivity index (χ2v) is 9.97. The Balaban J connectivity index is 2.45. The minimum Gasteiger partial charge on any atom is -0.355 e. The van der Waals surface area contributed by atoms with Crippen LogP contribution in [0.1, 0.15) is 19.4 Å². The highest BCUT2D eigenvalue weighted by atomic mass is 35.5. The fourth-order valence-corrected chi connectivity index (χ4v) is 4.24. The van der Waals surface area contributed by atoms with Gasteiger partial charge in [-0.25, -0.2) is 8.70 Å². The van der Waals surface area contributed by atoms with Gasteiger partial charge in [0.1, 0.15) is 18.4 Å². The number of para-hydroxylation sites is 1. The maximum Gasteiger partial charge on any atom is 0.304 e. The highest BCUT2D eigenvalue weighted by molar-refractivity contribution is 7.90. The molecule has 1 atom stereocenters. The van der Waals surface area contributed by atoms with Gasteiger partial charge < -0.3 is 10.2 Å². The summed E-state index contributed by atoms with van der Waals surface area (Å²) in [6, 6.07) is 11.1. The summed E-state index contributed by atoms with van der Waals surface area (Å²) < 4.78 is 42.0. The van der Waals surface area contributed by atoms with Crippen LogP contribution < -0.4 is 9.62 Å². The van der Waals surface area contributed by atoms with Crippen LogP contribution >= 0.6 is 11.6 Å². The van der Waals surface area contributed by atoms with Gasteiger partial charge in [0.2, 0.25) is 11.8 Å². The summed E-state index contributed by atoms with van der Waals surface area (Å²) in [4.78, 5) is 27.2. The molecule has 0 bridgehead atoms. The number of benzene rings is 2. The first kappa shape index (κ1) is 26.6. The van der Waals surface area contributed by atoms with Crippen molar-refractivity contribution >= 4 is 39.3 Å². The third kappa shape index (κ3) is 6.66. The molecule has 0 radical (unpaired) electrons. The number of hydrogen-bond acceptors (Lipinski definition) is 4. The van der Waals surface area contributed by atoms with Gasteiger partial charge in [-0.05, 0) is 43.7 Å². The van der Waals surface area contributed by atoms with Crippen molar-refractivity contribution in [3.05, 3.63) is 64.9 Å². The smallest absolute Gasteiger partial charge is 0.304 e. The lowest BCUT2D eigenvalue weighted by molar-refractivity contribution is -0.139. The second-order valence-electron chi connectivity index (χ2n) is 7.47. The molecule has 0 fully saturated rings. The molecule has 0 saturated heterocycles. The molecule has 2 amide bonds. The molecule has 2 aromatic rings. The fraction of sp³-hybridized carbons (Fsp3) is 0.364. The molecule has 2 aromatic carbocycles. The number of nitrogens with zero attached hydrogens (tertiary/aromatic N) is 3. The number of likely N-dealkylation sites (N-methyl/N-ethyl adjacent to an activating group) is 1. The largest absolute Gasteiger partial charge is 0.355 e. The number of anilines is 1. The van der Waals surface area contributed by atoms with E-state index in [4.69, 9.17) is 11.6 Å². The van der Waals surface area contributed by atoms with E-state index in [1.54, 1.807) is 38.1 Å². The third-order valence-electron chi connectivity index (χ3n) is 4.92. The van der Waals surface area contributed by atoms with E-state index < -0.39 is 40.4 Å². The lowest BCUT2D eigenvalue weighted by Crippen LogP contribution is -2.52. The Morgan fingerprint density at radius 1 is 1.09 bits per heavy atom. The van der Waals surface area contributed by atoms with Crippen LogP contribution in [0.2, 0.25) is 5.02 Å². The monoisotopic (exact) mass is 498 g/mol. The van der Waals surface area contributed by atoms with Crippen LogP contribution in [-0.2, 0) is 26.3 Å². The van der Waals surface area contributed by atoms with E-state index in [-0.39, 0.29) is 12.2 Å². The van der Waals surface area contributed by atoms with Gasteiger partial charge in [0.25, 0.3) is 0 Å². The lowest BCUT2D eigenvalue weighted by Gasteiger charge is -2.32. The number of carbonyl (C=O) groups is 2. The summed E-state index contributed by atoms with van der Waals surface area (Å²) in [7, 11) is -1.64. The molecular formula is C22H28ClFN4O4S. The molecule has 0 aliphatic carbocycles. The zero-order valence-corrected chi connectivity index (χ0v) is 20.5. The van der Waals surface area contributed by atoms with E-state index in [2.05, 4.69) is 5.32 Å². The van der Waals surface area contributed by atoms with E-state index >= 15 is 0 Å². The van der Waals surface area contributed by atoms with Crippen LogP contribution in [-0.4, -0.2) is 62.7 Å². The van der Waals surface area contributed by atoms with Gasteiger partial charge >= 0.3 is 10.2 Å². The molecule has 11 heteroatoms. The number of amides is 2. The molecule has 2 rings (SSSR count). The number of nitrogens with one attached hydrogen (secondary N) is 1.